The van der Waals surface area contributed by atoms with Gasteiger partial charge in [0.25, 0.3) is 0 Å². The predicted molar refractivity (Wildman–Crippen MR) is 89.3 cm³/mol. The molecule has 0 spiro atoms. The molecule has 5 nitrogen and oxygen atoms in total. The van der Waals surface area contributed by atoms with Gasteiger partial charge in [-0.1, -0.05) is 24.6 Å². The van der Waals surface area contributed by atoms with Crippen molar-refractivity contribution in [3.05, 3.63) is 47.6 Å². The third-order valence-corrected chi connectivity index (χ3v) is 3.58. The number of fused-ring (bicyclic) bond motifs is 1. The average Bonchev–Trinajstić information content (AvgIpc) is 2.54. The lowest BCUT2D eigenvalue weighted by atomic mass is 10.1. The molecule has 1 unspecified atom stereocenters. The minimum absolute atomic E-state index is 0.0747. The molecule has 6 heteroatoms. The molecule has 23 heavy (non-hydrogen) atoms. The van der Waals surface area contributed by atoms with Gasteiger partial charge in [0.1, 0.15) is 11.3 Å². The summed E-state index contributed by atoms with van der Waals surface area (Å²) in [6, 6.07) is 7.04. The van der Waals surface area contributed by atoms with E-state index in [0.717, 1.165) is 11.1 Å². The summed E-state index contributed by atoms with van der Waals surface area (Å²) in [7, 11) is 0. The summed E-state index contributed by atoms with van der Waals surface area (Å²) < 4.78 is 10.8. The van der Waals surface area contributed by atoms with E-state index in [0.29, 0.717) is 29.5 Å². The Morgan fingerprint density at radius 2 is 2.22 bits per heavy atom. The highest BCUT2D eigenvalue weighted by Gasteiger charge is 2.13. The lowest BCUT2D eigenvalue weighted by Crippen LogP contribution is -2.10. The Morgan fingerprint density at radius 1 is 1.43 bits per heavy atom. The molecule has 0 aliphatic carbocycles. The van der Waals surface area contributed by atoms with Crippen LogP contribution in [0.3, 0.4) is 0 Å². The number of rotatable bonds is 8. The summed E-state index contributed by atoms with van der Waals surface area (Å²) in [6.45, 7) is 6.17. The van der Waals surface area contributed by atoms with Crippen molar-refractivity contribution in [3.63, 3.8) is 0 Å². The fourth-order valence-electron chi connectivity index (χ4n) is 2.12. The van der Waals surface area contributed by atoms with Crippen molar-refractivity contribution < 1.29 is 19.4 Å². The second-order valence-corrected chi connectivity index (χ2v) is 5.49. The normalized spacial score (nSPS) is 12.1. The first-order valence-corrected chi connectivity index (χ1v) is 7.53. The van der Waals surface area contributed by atoms with Gasteiger partial charge in [-0.05, 0) is 24.3 Å². The molecule has 0 saturated carbocycles. The molecule has 2 aromatic rings. The van der Waals surface area contributed by atoms with Crippen molar-refractivity contribution in [2.24, 2.45) is 0 Å². The van der Waals surface area contributed by atoms with Crippen LogP contribution in [0.1, 0.15) is 18.5 Å². The molecule has 0 radical (unpaired) electrons. The summed E-state index contributed by atoms with van der Waals surface area (Å²) in [5.41, 5.74) is 1.37. The first-order chi connectivity index (χ1) is 11.0. The fraction of sp³-hybridized carbons (Fsp3) is 0.294. The van der Waals surface area contributed by atoms with Gasteiger partial charge in [-0.15, -0.1) is 6.58 Å². The molecule has 0 amide bonds. The smallest absolute Gasteiger partial charge is 0.341 e. The van der Waals surface area contributed by atoms with E-state index in [1.54, 1.807) is 18.2 Å². The first-order valence-electron chi connectivity index (χ1n) is 7.15. The lowest BCUT2D eigenvalue weighted by molar-refractivity contribution is -0.139. The Labute approximate surface area is 139 Å². The molecular weight excluding hydrogens is 318 g/mol. The van der Waals surface area contributed by atoms with Crippen LogP contribution < -0.4 is 4.74 Å². The largest absolute Gasteiger partial charge is 0.480 e. The van der Waals surface area contributed by atoms with E-state index in [2.05, 4.69) is 11.6 Å². The van der Waals surface area contributed by atoms with Gasteiger partial charge in [0.2, 0.25) is 0 Å². The van der Waals surface area contributed by atoms with Gasteiger partial charge in [0.05, 0.1) is 18.2 Å². The number of aliphatic carboxylic acids is 1. The first kappa shape index (κ1) is 17.2. The number of benzene rings is 1. The summed E-state index contributed by atoms with van der Waals surface area (Å²) in [5.74, 6) is -0.575. The molecule has 1 heterocycles. The number of carboxylic acid groups (broad SMARTS) is 1. The quantitative estimate of drug-likeness (QED) is 0.589. The Balaban J connectivity index is 2.33. The van der Waals surface area contributed by atoms with E-state index >= 15 is 0 Å². The Morgan fingerprint density at radius 3 is 2.91 bits per heavy atom. The minimum atomic E-state index is -1.05. The monoisotopic (exact) mass is 335 g/mol. The van der Waals surface area contributed by atoms with E-state index in [1.807, 2.05) is 19.1 Å². The van der Waals surface area contributed by atoms with Crippen LogP contribution in [0, 0.1) is 0 Å². The highest BCUT2D eigenvalue weighted by Crippen LogP contribution is 2.31. The second-order valence-electron chi connectivity index (χ2n) is 5.09. The van der Waals surface area contributed by atoms with Crippen molar-refractivity contribution in [3.8, 4) is 5.75 Å². The Hall–Kier alpha value is -2.11. The van der Waals surface area contributed by atoms with E-state index < -0.39 is 12.6 Å². The van der Waals surface area contributed by atoms with Crippen LogP contribution in [0.4, 0.5) is 0 Å². The van der Waals surface area contributed by atoms with Crippen LogP contribution in [-0.4, -0.2) is 35.9 Å². The van der Waals surface area contributed by atoms with Gasteiger partial charge in [0, 0.05) is 17.0 Å². The molecule has 0 aliphatic rings. The fourth-order valence-corrected chi connectivity index (χ4v) is 2.33. The zero-order valence-electron chi connectivity index (χ0n) is 12.8. The Bertz CT molecular complexity index is 717. The van der Waals surface area contributed by atoms with Crippen molar-refractivity contribution in [2.45, 2.75) is 12.8 Å². The third kappa shape index (κ3) is 4.43. The maximum Gasteiger partial charge on any atom is 0.341 e. The number of hydrogen-bond acceptors (Lipinski definition) is 4. The van der Waals surface area contributed by atoms with Crippen LogP contribution in [0.2, 0.25) is 5.02 Å². The van der Waals surface area contributed by atoms with Gasteiger partial charge >= 0.3 is 5.97 Å². The highest BCUT2D eigenvalue weighted by molar-refractivity contribution is 6.35. The minimum Gasteiger partial charge on any atom is -0.480 e. The maximum atomic E-state index is 10.7. The zero-order valence-corrected chi connectivity index (χ0v) is 13.5. The van der Waals surface area contributed by atoms with Crippen LogP contribution in [0.25, 0.3) is 10.9 Å². The van der Waals surface area contributed by atoms with Gasteiger partial charge < -0.3 is 14.6 Å². The molecule has 1 aromatic carbocycles. The van der Waals surface area contributed by atoms with Crippen molar-refractivity contribution in [2.75, 3.05) is 19.8 Å². The number of pyridine rings is 1. The number of carbonyl (C=O) groups is 1. The van der Waals surface area contributed by atoms with E-state index in [9.17, 15) is 4.79 Å². The van der Waals surface area contributed by atoms with E-state index in [4.69, 9.17) is 26.2 Å². The number of hydrogen-bond donors (Lipinski definition) is 1. The molecule has 0 aliphatic heterocycles. The Kier molecular flexibility index (Phi) is 5.96. The summed E-state index contributed by atoms with van der Waals surface area (Å²) >= 11 is 6.18. The zero-order chi connectivity index (χ0) is 16.8. The lowest BCUT2D eigenvalue weighted by Gasteiger charge is -2.14. The van der Waals surface area contributed by atoms with E-state index in [1.165, 1.54) is 0 Å². The number of carboxylic acids is 1. The molecule has 1 aromatic heterocycles. The highest BCUT2D eigenvalue weighted by atomic mass is 35.5. The molecule has 1 N–H and O–H groups in total. The second kappa shape index (κ2) is 7.94. The third-order valence-electron chi connectivity index (χ3n) is 3.25. The van der Waals surface area contributed by atoms with Crippen molar-refractivity contribution in [1.82, 2.24) is 4.98 Å². The predicted octanol–water partition coefficient (Wildman–Crippen LogP) is 3.66. The van der Waals surface area contributed by atoms with E-state index in [-0.39, 0.29) is 5.92 Å². The number of nitrogens with zero attached hydrogens (tertiary/aromatic N) is 1. The number of halogens is 1. The molecule has 0 fully saturated rings. The SMILES string of the molecule is C=CCOCC(C)c1ccc2c(Cl)ccc(OCC(=O)O)c2n1. The van der Waals surface area contributed by atoms with Gasteiger partial charge in [0.15, 0.2) is 6.61 Å². The molecule has 0 saturated heterocycles. The topological polar surface area (TPSA) is 68.7 Å². The molecule has 122 valence electrons. The maximum absolute atomic E-state index is 10.7. The standard InChI is InChI=1S/C17H18ClNO4/c1-3-8-22-9-11(2)14-6-4-12-13(18)5-7-15(17(12)19-14)23-10-16(20)21/h3-7,11H,1,8-10H2,2H3,(H,20,21). The van der Waals surface area contributed by atoms with Gasteiger partial charge in [-0.3, -0.25) is 0 Å². The van der Waals surface area contributed by atoms with Crippen LogP contribution >= 0.6 is 11.6 Å². The summed E-state index contributed by atoms with van der Waals surface area (Å²) in [5, 5.41) is 10.0. The van der Waals surface area contributed by atoms with Crippen LogP contribution in [-0.2, 0) is 9.53 Å². The van der Waals surface area contributed by atoms with Crippen LogP contribution in [0.5, 0.6) is 5.75 Å². The average molecular weight is 336 g/mol. The number of aromatic nitrogens is 1. The molecular formula is C17H18ClNO4. The van der Waals surface area contributed by atoms with Gasteiger partial charge in [-0.2, -0.15) is 0 Å². The summed E-state index contributed by atoms with van der Waals surface area (Å²) in [4.78, 5) is 15.3. The van der Waals surface area contributed by atoms with Crippen LogP contribution in [0.15, 0.2) is 36.9 Å². The molecule has 0 bridgehead atoms. The number of ether oxygens (including phenoxy) is 2. The van der Waals surface area contributed by atoms with Gasteiger partial charge in [-0.25, -0.2) is 9.78 Å². The molecule has 1 atom stereocenters. The van der Waals surface area contributed by atoms with Crippen molar-refractivity contribution >= 4 is 28.5 Å². The van der Waals surface area contributed by atoms with Crippen molar-refractivity contribution in [1.29, 1.82) is 0 Å². The summed E-state index contributed by atoms with van der Waals surface area (Å²) in [6.07, 6.45) is 1.69. The molecule has 2 rings (SSSR count).